The van der Waals surface area contributed by atoms with Crippen LogP contribution in [-0.2, 0) is 19.0 Å². The van der Waals surface area contributed by atoms with E-state index in [2.05, 4.69) is 5.32 Å². The van der Waals surface area contributed by atoms with Crippen molar-refractivity contribution >= 4 is 35.4 Å². The third-order valence-corrected chi connectivity index (χ3v) is 4.24. The molecule has 3 rings (SSSR count). The molecule has 2 heterocycles. The molecule has 2 aromatic rings. The van der Waals surface area contributed by atoms with Crippen molar-refractivity contribution in [1.82, 2.24) is 9.88 Å². The minimum absolute atomic E-state index is 0.00176. The van der Waals surface area contributed by atoms with Gasteiger partial charge in [0, 0.05) is 11.1 Å². The van der Waals surface area contributed by atoms with Gasteiger partial charge in [0.1, 0.15) is 11.3 Å². The Morgan fingerprint density at radius 1 is 1.07 bits per heavy atom. The molecule has 0 saturated heterocycles. The van der Waals surface area contributed by atoms with Crippen LogP contribution in [0, 0.1) is 0 Å². The number of hydrogen-bond donors (Lipinski definition) is 1. The predicted octanol–water partition coefficient (Wildman–Crippen LogP) is 3.68. The van der Waals surface area contributed by atoms with Gasteiger partial charge in [-0.05, 0) is 38.1 Å². The fourth-order valence-electron chi connectivity index (χ4n) is 2.87. The standard InChI is InChI=1S/C20H19ClN2O7/c1-3-27-19(25)29-15-11-22-18(24)17(15)14-8-9-16(30-20(26)28-4-2)23(14)13-7-5-6-12(21)10-13/h5-10H,3-4,11H2,1-2H3,(H,22,24). The Hall–Kier alpha value is -3.46. The van der Waals surface area contributed by atoms with Crippen LogP contribution < -0.4 is 10.1 Å². The van der Waals surface area contributed by atoms with E-state index in [4.69, 9.17) is 30.5 Å². The number of carbonyl (C=O) groups excluding carboxylic acids is 3. The molecule has 1 aromatic carbocycles. The molecule has 158 valence electrons. The monoisotopic (exact) mass is 434 g/mol. The molecular weight excluding hydrogens is 416 g/mol. The van der Waals surface area contributed by atoms with Crippen LogP contribution in [0.4, 0.5) is 9.59 Å². The molecule has 1 aliphatic rings. The Bertz CT molecular complexity index is 1010. The molecule has 1 amide bonds. The van der Waals surface area contributed by atoms with E-state index in [1.54, 1.807) is 44.2 Å². The van der Waals surface area contributed by atoms with Gasteiger partial charge in [-0.3, -0.25) is 9.36 Å². The SMILES string of the molecule is CCOC(=O)OC1=C(c2ccc(OC(=O)OCC)n2-c2cccc(Cl)c2)C(=O)NC1. The van der Waals surface area contributed by atoms with E-state index in [0.29, 0.717) is 16.4 Å². The van der Waals surface area contributed by atoms with Gasteiger partial charge in [0.15, 0.2) is 0 Å². The minimum atomic E-state index is -0.926. The van der Waals surface area contributed by atoms with Crippen LogP contribution in [0.25, 0.3) is 11.3 Å². The number of hydrogen-bond acceptors (Lipinski definition) is 7. The summed E-state index contributed by atoms with van der Waals surface area (Å²) in [6.07, 6.45) is -1.83. The molecule has 0 fully saturated rings. The summed E-state index contributed by atoms with van der Waals surface area (Å²) in [5, 5.41) is 3.04. The van der Waals surface area contributed by atoms with E-state index in [0.717, 1.165) is 0 Å². The lowest BCUT2D eigenvalue weighted by molar-refractivity contribution is -0.114. The van der Waals surface area contributed by atoms with Gasteiger partial charge in [0.2, 0.25) is 5.88 Å². The molecule has 0 spiro atoms. The Labute approximate surface area is 177 Å². The fraction of sp³-hybridized carbons (Fsp3) is 0.250. The molecule has 9 nitrogen and oxygen atoms in total. The first-order valence-corrected chi connectivity index (χ1v) is 9.51. The molecule has 30 heavy (non-hydrogen) atoms. The van der Waals surface area contributed by atoms with E-state index < -0.39 is 18.2 Å². The zero-order valence-electron chi connectivity index (χ0n) is 16.3. The summed E-state index contributed by atoms with van der Waals surface area (Å²) >= 11 is 6.12. The molecule has 0 radical (unpaired) electrons. The molecule has 1 aliphatic heterocycles. The Balaban J connectivity index is 2.11. The van der Waals surface area contributed by atoms with Crippen LogP contribution in [0.5, 0.6) is 5.88 Å². The second kappa shape index (κ2) is 9.36. The molecule has 0 saturated carbocycles. The van der Waals surface area contributed by atoms with Crippen molar-refractivity contribution < 1.29 is 33.3 Å². The summed E-state index contributed by atoms with van der Waals surface area (Å²) in [5.74, 6) is -0.283. The van der Waals surface area contributed by atoms with Crippen LogP contribution in [-0.4, -0.2) is 42.5 Å². The summed E-state index contributed by atoms with van der Waals surface area (Å²) in [7, 11) is 0. The second-order valence-electron chi connectivity index (χ2n) is 5.92. The van der Waals surface area contributed by atoms with Crippen molar-refractivity contribution in [2.75, 3.05) is 19.8 Å². The van der Waals surface area contributed by atoms with E-state index in [-0.39, 0.29) is 37.0 Å². The number of nitrogens with zero attached hydrogens (tertiary/aromatic N) is 1. The van der Waals surface area contributed by atoms with Gasteiger partial charge in [-0.2, -0.15) is 0 Å². The van der Waals surface area contributed by atoms with E-state index in [9.17, 15) is 14.4 Å². The Morgan fingerprint density at radius 2 is 1.77 bits per heavy atom. The first-order chi connectivity index (χ1) is 14.4. The average molecular weight is 435 g/mol. The van der Waals surface area contributed by atoms with Crippen molar-refractivity contribution in [2.24, 2.45) is 0 Å². The third-order valence-electron chi connectivity index (χ3n) is 4.00. The first kappa shape index (κ1) is 21.3. The summed E-state index contributed by atoms with van der Waals surface area (Å²) in [4.78, 5) is 36.2. The third kappa shape index (κ3) is 4.57. The van der Waals surface area contributed by atoms with Crippen LogP contribution in [0.2, 0.25) is 5.02 Å². The Morgan fingerprint density at radius 3 is 2.43 bits per heavy atom. The van der Waals surface area contributed by atoms with Crippen LogP contribution >= 0.6 is 11.6 Å². The summed E-state index contributed by atoms with van der Waals surface area (Å²) < 4.78 is 21.6. The van der Waals surface area contributed by atoms with Crippen molar-refractivity contribution in [3.8, 4) is 11.6 Å². The summed E-state index contributed by atoms with van der Waals surface area (Å²) in [5.41, 5.74) is 0.942. The van der Waals surface area contributed by atoms with Gasteiger partial charge in [-0.1, -0.05) is 17.7 Å². The minimum Gasteiger partial charge on any atom is -0.434 e. The fourth-order valence-corrected chi connectivity index (χ4v) is 3.05. The second-order valence-corrected chi connectivity index (χ2v) is 6.36. The van der Waals surface area contributed by atoms with Gasteiger partial charge < -0.3 is 24.3 Å². The van der Waals surface area contributed by atoms with Gasteiger partial charge >= 0.3 is 12.3 Å². The van der Waals surface area contributed by atoms with Crippen LogP contribution in [0.1, 0.15) is 19.5 Å². The number of rotatable bonds is 6. The largest absolute Gasteiger partial charge is 0.515 e. The lowest BCUT2D eigenvalue weighted by atomic mass is 10.1. The highest BCUT2D eigenvalue weighted by molar-refractivity contribution is 6.30. The quantitative estimate of drug-likeness (QED) is 0.691. The zero-order chi connectivity index (χ0) is 21.7. The highest BCUT2D eigenvalue weighted by Crippen LogP contribution is 2.33. The highest BCUT2D eigenvalue weighted by atomic mass is 35.5. The number of benzene rings is 1. The van der Waals surface area contributed by atoms with Crippen LogP contribution in [0.15, 0.2) is 42.2 Å². The molecule has 0 atom stereocenters. The average Bonchev–Trinajstić information content (AvgIpc) is 3.25. The van der Waals surface area contributed by atoms with Gasteiger partial charge in [-0.15, -0.1) is 0 Å². The molecule has 1 aromatic heterocycles. The van der Waals surface area contributed by atoms with Crippen molar-refractivity contribution in [1.29, 1.82) is 0 Å². The van der Waals surface area contributed by atoms with Gasteiger partial charge in [-0.25, -0.2) is 9.59 Å². The Kier molecular flexibility index (Phi) is 6.63. The number of amides is 1. The normalized spacial score (nSPS) is 13.1. The molecule has 0 bridgehead atoms. The number of nitrogens with one attached hydrogen (secondary N) is 1. The smallest absolute Gasteiger partial charge is 0.434 e. The lowest BCUT2D eigenvalue weighted by Gasteiger charge is -2.14. The molecule has 10 heteroatoms. The number of aromatic nitrogens is 1. The van der Waals surface area contributed by atoms with E-state index in [1.165, 1.54) is 10.6 Å². The number of carbonyl (C=O) groups is 3. The number of ether oxygens (including phenoxy) is 4. The summed E-state index contributed by atoms with van der Waals surface area (Å²) in [6.45, 7) is 3.54. The molecule has 0 aliphatic carbocycles. The molecular formula is C20H19ClN2O7. The number of halogens is 1. The maximum absolute atomic E-state index is 12.5. The van der Waals surface area contributed by atoms with Crippen LogP contribution in [0.3, 0.4) is 0 Å². The van der Waals surface area contributed by atoms with Gasteiger partial charge in [0.05, 0.1) is 31.1 Å². The van der Waals surface area contributed by atoms with E-state index >= 15 is 0 Å². The summed E-state index contributed by atoms with van der Waals surface area (Å²) in [6, 6.07) is 9.78. The molecule has 1 N–H and O–H groups in total. The first-order valence-electron chi connectivity index (χ1n) is 9.13. The predicted molar refractivity (Wildman–Crippen MR) is 106 cm³/mol. The molecule has 0 unspecified atom stereocenters. The van der Waals surface area contributed by atoms with Gasteiger partial charge in [0.25, 0.3) is 5.91 Å². The van der Waals surface area contributed by atoms with Crippen molar-refractivity contribution in [3.63, 3.8) is 0 Å². The maximum atomic E-state index is 12.5. The van der Waals surface area contributed by atoms with Crippen molar-refractivity contribution in [3.05, 3.63) is 52.9 Å². The lowest BCUT2D eigenvalue weighted by Crippen LogP contribution is -2.18. The highest BCUT2D eigenvalue weighted by Gasteiger charge is 2.31. The van der Waals surface area contributed by atoms with Crippen molar-refractivity contribution in [2.45, 2.75) is 13.8 Å². The maximum Gasteiger partial charge on any atom is 0.515 e. The zero-order valence-corrected chi connectivity index (χ0v) is 17.0. The topological polar surface area (TPSA) is 105 Å². The van der Waals surface area contributed by atoms with E-state index in [1.807, 2.05) is 0 Å².